The summed E-state index contributed by atoms with van der Waals surface area (Å²) < 4.78 is 0. The van der Waals surface area contributed by atoms with Crippen LogP contribution in [0.25, 0.3) is 0 Å². The Labute approximate surface area is 127 Å². The van der Waals surface area contributed by atoms with E-state index < -0.39 is 0 Å². The number of nitrogens with zero attached hydrogens (tertiary/aromatic N) is 2. The van der Waals surface area contributed by atoms with Crippen LogP contribution in [0.5, 0.6) is 0 Å². The van der Waals surface area contributed by atoms with Crippen LogP contribution in [0.15, 0.2) is 24.3 Å². The third-order valence-electron chi connectivity index (χ3n) is 4.33. The fraction of sp³-hybridized carbons (Fsp3) is 0.588. The van der Waals surface area contributed by atoms with Crippen LogP contribution in [0, 0.1) is 0 Å². The molecule has 1 aromatic rings. The molecule has 21 heavy (non-hydrogen) atoms. The van der Waals surface area contributed by atoms with Gasteiger partial charge in [0.25, 0.3) is 0 Å². The number of piperazine rings is 1. The van der Waals surface area contributed by atoms with Crippen LogP contribution in [-0.2, 0) is 11.3 Å². The largest absolute Gasteiger partial charge is 0.339 e. The van der Waals surface area contributed by atoms with E-state index in [0.29, 0.717) is 6.54 Å². The zero-order valence-electron chi connectivity index (χ0n) is 12.8. The van der Waals surface area contributed by atoms with Crippen molar-refractivity contribution in [3.63, 3.8) is 0 Å². The lowest BCUT2D eigenvalue weighted by atomic mass is 10.1. The molecule has 4 nitrogen and oxygen atoms in total. The van der Waals surface area contributed by atoms with E-state index in [1.54, 1.807) is 0 Å². The molecule has 114 valence electrons. The van der Waals surface area contributed by atoms with Crippen molar-refractivity contribution >= 4 is 5.91 Å². The highest BCUT2D eigenvalue weighted by molar-refractivity contribution is 5.78. The van der Waals surface area contributed by atoms with Gasteiger partial charge in [0.05, 0.1) is 6.54 Å². The minimum atomic E-state index is 0.248. The number of nitrogens with one attached hydrogen (secondary N) is 1. The van der Waals surface area contributed by atoms with Gasteiger partial charge in [0.1, 0.15) is 0 Å². The van der Waals surface area contributed by atoms with Crippen molar-refractivity contribution in [2.75, 3.05) is 39.8 Å². The number of amides is 1. The van der Waals surface area contributed by atoms with Crippen LogP contribution >= 0.6 is 0 Å². The van der Waals surface area contributed by atoms with Gasteiger partial charge in [-0.25, -0.2) is 0 Å². The van der Waals surface area contributed by atoms with E-state index in [1.807, 2.05) is 11.9 Å². The number of carbonyl (C=O) groups is 1. The summed E-state index contributed by atoms with van der Waals surface area (Å²) in [5, 5.41) is 3.28. The second-order valence-electron chi connectivity index (χ2n) is 6.32. The van der Waals surface area contributed by atoms with Crippen LogP contribution in [0.3, 0.4) is 0 Å². The first kappa shape index (κ1) is 14.5. The van der Waals surface area contributed by atoms with Gasteiger partial charge >= 0.3 is 0 Å². The van der Waals surface area contributed by atoms with E-state index in [-0.39, 0.29) is 5.91 Å². The highest BCUT2D eigenvalue weighted by atomic mass is 16.2. The molecule has 2 fully saturated rings. The standard InChI is InChI=1S/C17H25N3O/c1-19(13-17(21)20-9-7-18-8-10-20)12-14-3-2-4-16(11-14)15-5-6-15/h2-4,11,15,18H,5-10,12-13H2,1H3. The Balaban J connectivity index is 1.52. The lowest BCUT2D eigenvalue weighted by Gasteiger charge is -2.29. The summed E-state index contributed by atoms with van der Waals surface area (Å²) in [5.41, 5.74) is 2.78. The van der Waals surface area contributed by atoms with Gasteiger partial charge < -0.3 is 10.2 Å². The Hall–Kier alpha value is -1.39. The van der Waals surface area contributed by atoms with Crippen LogP contribution < -0.4 is 5.32 Å². The summed E-state index contributed by atoms with van der Waals surface area (Å²) in [4.78, 5) is 16.3. The summed E-state index contributed by atoms with van der Waals surface area (Å²) in [6.07, 6.45) is 2.67. The molecule has 2 aliphatic rings. The Kier molecular flexibility index (Phi) is 4.56. The smallest absolute Gasteiger partial charge is 0.236 e. The van der Waals surface area contributed by atoms with E-state index in [0.717, 1.165) is 38.6 Å². The van der Waals surface area contributed by atoms with Crippen molar-refractivity contribution in [1.82, 2.24) is 15.1 Å². The van der Waals surface area contributed by atoms with Crippen molar-refractivity contribution in [3.05, 3.63) is 35.4 Å². The van der Waals surface area contributed by atoms with Crippen LogP contribution in [-0.4, -0.2) is 55.5 Å². The predicted octanol–water partition coefficient (Wildman–Crippen LogP) is 1.43. The van der Waals surface area contributed by atoms with Crippen molar-refractivity contribution in [2.24, 2.45) is 0 Å². The highest BCUT2D eigenvalue weighted by Crippen LogP contribution is 2.40. The van der Waals surface area contributed by atoms with Crippen molar-refractivity contribution in [1.29, 1.82) is 0 Å². The molecule has 1 aromatic carbocycles. The van der Waals surface area contributed by atoms with Crippen LogP contribution in [0.2, 0.25) is 0 Å². The van der Waals surface area contributed by atoms with Crippen molar-refractivity contribution in [2.45, 2.75) is 25.3 Å². The Morgan fingerprint density at radius 2 is 2.10 bits per heavy atom. The zero-order chi connectivity index (χ0) is 14.7. The number of rotatable bonds is 5. The fourth-order valence-electron chi connectivity index (χ4n) is 2.97. The van der Waals surface area contributed by atoms with Crippen LogP contribution in [0.4, 0.5) is 0 Å². The van der Waals surface area contributed by atoms with Gasteiger partial charge in [0.15, 0.2) is 0 Å². The van der Waals surface area contributed by atoms with Gasteiger partial charge in [-0.1, -0.05) is 24.3 Å². The number of hydrogen-bond acceptors (Lipinski definition) is 3. The fourth-order valence-corrected chi connectivity index (χ4v) is 2.97. The maximum atomic E-state index is 12.2. The maximum absolute atomic E-state index is 12.2. The normalized spacial score (nSPS) is 19.0. The minimum Gasteiger partial charge on any atom is -0.339 e. The molecule has 0 unspecified atom stereocenters. The van der Waals surface area contributed by atoms with E-state index in [9.17, 15) is 4.79 Å². The third-order valence-corrected chi connectivity index (χ3v) is 4.33. The minimum absolute atomic E-state index is 0.248. The highest BCUT2D eigenvalue weighted by Gasteiger charge is 2.23. The lowest BCUT2D eigenvalue weighted by Crippen LogP contribution is -2.49. The summed E-state index contributed by atoms with van der Waals surface area (Å²) in [6, 6.07) is 8.85. The quantitative estimate of drug-likeness (QED) is 0.890. The molecule has 0 atom stereocenters. The molecule has 4 heteroatoms. The average molecular weight is 287 g/mol. The van der Waals surface area contributed by atoms with Crippen molar-refractivity contribution < 1.29 is 4.79 Å². The molecule has 0 bridgehead atoms. The van der Waals surface area contributed by atoms with Gasteiger partial charge in [-0.3, -0.25) is 9.69 Å². The Morgan fingerprint density at radius 3 is 2.81 bits per heavy atom. The molecule has 1 N–H and O–H groups in total. The summed E-state index contributed by atoms with van der Waals surface area (Å²) >= 11 is 0. The first-order valence-corrected chi connectivity index (χ1v) is 7.98. The molecule has 0 radical (unpaired) electrons. The van der Waals surface area contributed by atoms with Gasteiger partial charge in [-0.15, -0.1) is 0 Å². The Morgan fingerprint density at radius 1 is 1.33 bits per heavy atom. The first-order chi connectivity index (χ1) is 10.2. The van der Waals surface area contributed by atoms with Gasteiger partial charge in [0, 0.05) is 32.7 Å². The number of hydrogen-bond donors (Lipinski definition) is 1. The molecule has 0 spiro atoms. The van der Waals surface area contributed by atoms with Crippen molar-refractivity contribution in [3.8, 4) is 0 Å². The van der Waals surface area contributed by atoms with Gasteiger partial charge in [0.2, 0.25) is 5.91 Å². The molecular formula is C17H25N3O. The predicted molar refractivity (Wildman–Crippen MR) is 84.2 cm³/mol. The maximum Gasteiger partial charge on any atom is 0.236 e. The molecule has 1 saturated carbocycles. The Bertz CT molecular complexity index is 493. The molecule has 1 heterocycles. The summed E-state index contributed by atoms with van der Waals surface area (Å²) in [5.74, 6) is 1.04. The molecule has 0 aromatic heterocycles. The van der Waals surface area contributed by atoms with Crippen LogP contribution in [0.1, 0.15) is 29.9 Å². The summed E-state index contributed by atoms with van der Waals surface area (Å²) in [6.45, 7) is 4.86. The third kappa shape index (κ3) is 4.05. The summed E-state index contributed by atoms with van der Waals surface area (Å²) in [7, 11) is 2.03. The average Bonchev–Trinajstić information content (AvgIpc) is 3.33. The number of carbonyl (C=O) groups excluding carboxylic acids is 1. The van der Waals surface area contributed by atoms with E-state index in [1.165, 1.54) is 24.0 Å². The second kappa shape index (κ2) is 6.58. The van der Waals surface area contributed by atoms with Gasteiger partial charge in [-0.2, -0.15) is 0 Å². The molecule has 1 amide bonds. The van der Waals surface area contributed by atoms with E-state index in [2.05, 4.69) is 34.5 Å². The second-order valence-corrected chi connectivity index (χ2v) is 6.32. The molecule has 3 rings (SSSR count). The zero-order valence-corrected chi connectivity index (χ0v) is 12.8. The molecule has 1 saturated heterocycles. The monoisotopic (exact) mass is 287 g/mol. The number of likely N-dealkylation sites (N-methyl/N-ethyl adjacent to an activating group) is 1. The molecular weight excluding hydrogens is 262 g/mol. The number of benzene rings is 1. The molecule has 1 aliphatic heterocycles. The van der Waals surface area contributed by atoms with E-state index >= 15 is 0 Å². The first-order valence-electron chi connectivity index (χ1n) is 7.98. The van der Waals surface area contributed by atoms with Gasteiger partial charge in [-0.05, 0) is 36.9 Å². The topological polar surface area (TPSA) is 35.6 Å². The lowest BCUT2D eigenvalue weighted by molar-refractivity contribution is -0.132. The molecule has 1 aliphatic carbocycles. The van der Waals surface area contributed by atoms with E-state index in [4.69, 9.17) is 0 Å². The SMILES string of the molecule is CN(CC(=O)N1CCNCC1)Cc1cccc(C2CC2)c1.